The monoisotopic (exact) mass is 403 g/mol. The summed E-state index contributed by atoms with van der Waals surface area (Å²) in [6.07, 6.45) is 8.03. The Labute approximate surface area is 178 Å². The summed E-state index contributed by atoms with van der Waals surface area (Å²) in [6, 6.07) is 11.7. The van der Waals surface area contributed by atoms with Crippen LogP contribution < -0.4 is 0 Å². The highest BCUT2D eigenvalue weighted by Crippen LogP contribution is 2.29. The number of imidazole rings is 1. The van der Waals surface area contributed by atoms with Crippen LogP contribution in [0, 0.1) is 6.92 Å². The summed E-state index contributed by atoms with van der Waals surface area (Å²) in [7, 11) is 2.27. The van der Waals surface area contributed by atoms with Crippen LogP contribution in [-0.2, 0) is 6.42 Å². The van der Waals surface area contributed by atoms with E-state index in [2.05, 4.69) is 70.0 Å². The van der Waals surface area contributed by atoms with Gasteiger partial charge in [0, 0.05) is 40.9 Å². The van der Waals surface area contributed by atoms with Crippen molar-refractivity contribution in [3.8, 4) is 11.3 Å². The molecule has 0 saturated carbocycles. The fourth-order valence-corrected chi connectivity index (χ4v) is 4.38. The van der Waals surface area contributed by atoms with Gasteiger partial charge in [-0.05, 0) is 57.0 Å². The number of H-pyrrole nitrogens is 2. The van der Waals surface area contributed by atoms with Gasteiger partial charge in [0.1, 0.15) is 11.3 Å². The van der Waals surface area contributed by atoms with Crippen LogP contribution in [0.25, 0.3) is 33.3 Å². The highest BCUT2D eigenvalue weighted by atomic mass is 15.1. The second kappa shape index (κ2) is 9.00. The molecule has 4 rings (SSSR count). The number of nitrogens with one attached hydrogen (secondary N) is 2. The Kier molecular flexibility index (Phi) is 6.18. The van der Waals surface area contributed by atoms with Gasteiger partial charge in [-0.2, -0.15) is 0 Å². The first-order valence-electron chi connectivity index (χ1n) is 11.2. The van der Waals surface area contributed by atoms with Crippen molar-refractivity contribution >= 4 is 22.1 Å². The molecule has 5 nitrogen and oxygen atoms in total. The lowest BCUT2D eigenvalue weighted by atomic mass is 10.0. The molecule has 0 spiro atoms. The zero-order valence-corrected chi connectivity index (χ0v) is 18.6. The molecule has 0 aliphatic carbocycles. The van der Waals surface area contributed by atoms with Crippen molar-refractivity contribution in [1.29, 1.82) is 0 Å². The van der Waals surface area contributed by atoms with Crippen molar-refractivity contribution in [3.05, 3.63) is 47.9 Å². The lowest BCUT2D eigenvalue weighted by Gasteiger charge is -2.27. The smallest absolute Gasteiger partial charge is 0.158 e. The number of aromatic amines is 2. The third-order valence-corrected chi connectivity index (χ3v) is 6.22. The van der Waals surface area contributed by atoms with E-state index in [0.29, 0.717) is 6.04 Å². The van der Waals surface area contributed by atoms with Crippen LogP contribution in [0.15, 0.2) is 36.5 Å². The van der Waals surface area contributed by atoms with Gasteiger partial charge in [-0.1, -0.05) is 38.8 Å². The molecule has 4 aromatic rings. The average Bonchev–Trinajstić information content (AvgIpc) is 3.34. The Bertz CT molecular complexity index is 1120. The number of nitrogens with zero attached hydrogens (tertiary/aromatic N) is 3. The molecule has 0 bridgehead atoms. The van der Waals surface area contributed by atoms with Gasteiger partial charge in [-0.15, -0.1) is 0 Å². The fraction of sp³-hybridized carbons (Fsp3) is 0.440. The van der Waals surface area contributed by atoms with Gasteiger partial charge in [0.2, 0.25) is 0 Å². The predicted molar refractivity (Wildman–Crippen MR) is 126 cm³/mol. The molecule has 0 aliphatic heterocycles. The molecule has 1 atom stereocenters. The summed E-state index contributed by atoms with van der Waals surface area (Å²) >= 11 is 0. The molecule has 0 fully saturated rings. The Balaban J connectivity index is 1.53. The number of aromatic nitrogens is 4. The van der Waals surface area contributed by atoms with Gasteiger partial charge in [0.15, 0.2) is 5.65 Å². The average molecular weight is 404 g/mol. The number of hydrogen-bond donors (Lipinski definition) is 2. The first-order valence-corrected chi connectivity index (χ1v) is 11.2. The number of pyridine rings is 1. The van der Waals surface area contributed by atoms with Crippen LogP contribution in [0.4, 0.5) is 0 Å². The third kappa shape index (κ3) is 4.26. The summed E-state index contributed by atoms with van der Waals surface area (Å²) in [4.78, 5) is 18.4. The van der Waals surface area contributed by atoms with E-state index in [1.54, 1.807) is 0 Å². The number of unbranched alkanes of at least 4 members (excludes halogenated alkanes) is 1. The molecule has 1 aromatic carbocycles. The van der Waals surface area contributed by atoms with E-state index in [1.165, 1.54) is 42.1 Å². The first-order chi connectivity index (χ1) is 14.6. The van der Waals surface area contributed by atoms with Crippen LogP contribution in [0.5, 0.6) is 0 Å². The summed E-state index contributed by atoms with van der Waals surface area (Å²) in [5.74, 6) is 0.886. The molecule has 30 heavy (non-hydrogen) atoms. The largest absolute Gasteiger partial charge is 0.354 e. The first kappa shape index (κ1) is 20.6. The van der Waals surface area contributed by atoms with Crippen molar-refractivity contribution in [2.75, 3.05) is 13.6 Å². The van der Waals surface area contributed by atoms with Gasteiger partial charge in [-0.25, -0.2) is 9.97 Å². The molecule has 3 aromatic heterocycles. The van der Waals surface area contributed by atoms with Crippen molar-refractivity contribution in [2.24, 2.45) is 0 Å². The van der Waals surface area contributed by atoms with E-state index in [9.17, 15) is 0 Å². The summed E-state index contributed by atoms with van der Waals surface area (Å²) in [6.45, 7) is 7.64. The van der Waals surface area contributed by atoms with E-state index < -0.39 is 0 Å². The molecular formula is C25H33N5. The Morgan fingerprint density at radius 2 is 1.97 bits per heavy atom. The van der Waals surface area contributed by atoms with Crippen molar-refractivity contribution in [2.45, 2.75) is 58.9 Å². The molecule has 0 aliphatic rings. The highest BCUT2D eigenvalue weighted by molar-refractivity contribution is 5.94. The Hall–Kier alpha value is -2.66. The van der Waals surface area contributed by atoms with Gasteiger partial charge in [0.05, 0.1) is 0 Å². The van der Waals surface area contributed by atoms with Crippen LogP contribution in [-0.4, -0.2) is 44.5 Å². The van der Waals surface area contributed by atoms with Crippen molar-refractivity contribution in [1.82, 2.24) is 24.8 Å². The van der Waals surface area contributed by atoms with Crippen LogP contribution in [0.2, 0.25) is 0 Å². The normalized spacial score (nSPS) is 13.0. The van der Waals surface area contributed by atoms with E-state index in [0.717, 1.165) is 41.2 Å². The molecule has 0 amide bonds. The maximum atomic E-state index is 4.63. The van der Waals surface area contributed by atoms with E-state index in [-0.39, 0.29) is 0 Å². The quantitative estimate of drug-likeness (QED) is 0.368. The van der Waals surface area contributed by atoms with Gasteiger partial charge < -0.3 is 14.9 Å². The molecule has 0 radical (unpaired) electrons. The second-order valence-electron chi connectivity index (χ2n) is 8.42. The molecular weight excluding hydrogens is 370 g/mol. The minimum atomic E-state index is 0.692. The molecule has 1 unspecified atom stereocenters. The number of aryl methyl sites for hydroxylation is 1. The Morgan fingerprint density at radius 1 is 1.10 bits per heavy atom. The lowest BCUT2D eigenvalue weighted by Crippen LogP contribution is -2.32. The highest BCUT2D eigenvalue weighted by Gasteiger charge is 2.13. The van der Waals surface area contributed by atoms with E-state index in [1.807, 2.05) is 19.2 Å². The summed E-state index contributed by atoms with van der Waals surface area (Å²) in [5, 5.41) is 1.23. The van der Waals surface area contributed by atoms with Gasteiger partial charge in [0.25, 0.3) is 0 Å². The molecule has 158 valence electrons. The summed E-state index contributed by atoms with van der Waals surface area (Å²) < 4.78 is 0. The standard InChI is InChI=1S/C25H33N5/c1-5-7-8-20(6-2)30(4)14-12-18-9-10-19-16-23(29-22(19)15-18)21-11-13-26-25-24(21)27-17(3)28-25/h9-11,13,15-16,20,29H,5-8,12,14H2,1-4H3,(H,26,27,28). The van der Waals surface area contributed by atoms with Crippen LogP contribution in [0.1, 0.15) is 50.9 Å². The number of hydrogen-bond acceptors (Lipinski definition) is 3. The van der Waals surface area contributed by atoms with Gasteiger partial charge in [-0.3, -0.25) is 0 Å². The number of likely N-dealkylation sites (N-methyl/N-ethyl adjacent to an activating group) is 1. The molecule has 0 saturated heterocycles. The number of fused-ring (bicyclic) bond motifs is 2. The van der Waals surface area contributed by atoms with E-state index >= 15 is 0 Å². The maximum absolute atomic E-state index is 4.63. The summed E-state index contributed by atoms with van der Waals surface area (Å²) in [5.41, 5.74) is 6.48. The second-order valence-corrected chi connectivity index (χ2v) is 8.42. The SMILES string of the molecule is CCCCC(CC)N(C)CCc1ccc2cc(-c3ccnc4[nH]c(C)nc34)[nH]c2c1. The fourth-order valence-electron chi connectivity index (χ4n) is 4.38. The topological polar surface area (TPSA) is 60.6 Å². The van der Waals surface area contributed by atoms with Crippen LogP contribution >= 0.6 is 0 Å². The minimum absolute atomic E-state index is 0.692. The molecule has 2 N–H and O–H groups in total. The Morgan fingerprint density at radius 3 is 2.77 bits per heavy atom. The number of benzene rings is 1. The molecule has 5 heteroatoms. The van der Waals surface area contributed by atoms with Gasteiger partial charge >= 0.3 is 0 Å². The zero-order valence-electron chi connectivity index (χ0n) is 18.6. The molecule has 3 heterocycles. The van der Waals surface area contributed by atoms with Crippen molar-refractivity contribution < 1.29 is 0 Å². The zero-order chi connectivity index (χ0) is 21.1. The predicted octanol–water partition coefficient (Wildman–Crippen LogP) is 5.86. The maximum Gasteiger partial charge on any atom is 0.158 e. The van der Waals surface area contributed by atoms with Crippen LogP contribution in [0.3, 0.4) is 0 Å². The third-order valence-electron chi connectivity index (χ3n) is 6.22. The van der Waals surface area contributed by atoms with E-state index in [4.69, 9.17) is 0 Å². The lowest BCUT2D eigenvalue weighted by molar-refractivity contribution is 0.223. The van der Waals surface area contributed by atoms with Crippen molar-refractivity contribution in [3.63, 3.8) is 0 Å². The minimum Gasteiger partial charge on any atom is -0.354 e. The number of rotatable bonds is 9.